The molecule has 0 spiro atoms. The fourth-order valence-corrected chi connectivity index (χ4v) is 1.77. The Morgan fingerprint density at radius 1 is 1.25 bits per heavy atom. The zero-order valence-corrected chi connectivity index (χ0v) is 11.1. The van der Waals surface area contributed by atoms with Gasteiger partial charge in [0.05, 0.1) is 5.56 Å². The van der Waals surface area contributed by atoms with Crippen LogP contribution in [0.1, 0.15) is 39.2 Å². The van der Waals surface area contributed by atoms with Gasteiger partial charge in [-0.15, -0.1) is 0 Å². The number of hydrogen-bond donors (Lipinski definition) is 2. The zero-order valence-electron chi connectivity index (χ0n) is 11.1. The minimum absolute atomic E-state index is 0.197. The Labute approximate surface area is 116 Å². The third kappa shape index (κ3) is 3.26. The number of carbonyl (C=O) groups is 2. The van der Waals surface area contributed by atoms with E-state index in [1.165, 1.54) is 12.1 Å². The highest BCUT2D eigenvalue weighted by Gasteiger charge is 2.10. The number of aryl methyl sites for hydroxylation is 1. The highest BCUT2D eigenvalue weighted by Crippen LogP contribution is 2.09. The Morgan fingerprint density at radius 2 is 2.05 bits per heavy atom. The van der Waals surface area contributed by atoms with Gasteiger partial charge in [-0.2, -0.15) is 0 Å². The first-order valence-corrected chi connectivity index (χ1v) is 6.29. The fourth-order valence-electron chi connectivity index (χ4n) is 1.77. The molecular weight excluding hydrogens is 258 g/mol. The monoisotopic (exact) mass is 273 g/mol. The average molecular weight is 273 g/mol. The highest BCUT2D eigenvalue weighted by molar-refractivity contribution is 5.91. The van der Waals surface area contributed by atoms with E-state index in [2.05, 4.69) is 5.32 Å². The molecule has 1 heterocycles. The molecule has 1 aromatic carbocycles. The Hall–Kier alpha value is -2.56. The SMILES string of the molecule is CCc1ccc(C(=O)NCc2cccc(C(=O)O)c2)o1. The fraction of sp³-hybridized carbons (Fsp3) is 0.200. The molecule has 2 N–H and O–H groups in total. The second kappa shape index (κ2) is 6.06. The summed E-state index contributed by atoms with van der Waals surface area (Å²) < 4.78 is 5.34. The Bertz CT molecular complexity index is 630. The van der Waals surface area contributed by atoms with Crippen LogP contribution in [0.15, 0.2) is 40.8 Å². The van der Waals surface area contributed by atoms with E-state index < -0.39 is 5.97 Å². The molecular formula is C15H15NO4. The molecule has 104 valence electrons. The summed E-state index contributed by atoms with van der Waals surface area (Å²) in [6.45, 7) is 2.19. The van der Waals surface area contributed by atoms with Crippen LogP contribution >= 0.6 is 0 Å². The van der Waals surface area contributed by atoms with Gasteiger partial charge >= 0.3 is 5.97 Å². The van der Waals surface area contributed by atoms with Crippen molar-refractivity contribution in [3.8, 4) is 0 Å². The normalized spacial score (nSPS) is 10.2. The van der Waals surface area contributed by atoms with Crippen LogP contribution < -0.4 is 5.32 Å². The van der Waals surface area contributed by atoms with Crippen LogP contribution in [-0.4, -0.2) is 17.0 Å². The van der Waals surface area contributed by atoms with Gasteiger partial charge in [-0.1, -0.05) is 19.1 Å². The summed E-state index contributed by atoms with van der Waals surface area (Å²) in [6.07, 6.45) is 0.730. The number of furan rings is 1. The van der Waals surface area contributed by atoms with E-state index >= 15 is 0 Å². The molecule has 0 radical (unpaired) electrons. The molecule has 0 aliphatic rings. The minimum atomic E-state index is -0.989. The van der Waals surface area contributed by atoms with Gasteiger partial charge in [-0.3, -0.25) is 4.79 Å². The predicted molar refractivity (Wildman–Crippen MR) is 72.7 cm³/mol. The first-order chi connectivity index (χ1) is 9.60. The molecule has 0 bridgehead atoms. The lowest BCUT2D eigenvalue weighted by Gasteiger charge is -2.04. The van der Waals surface area contributed by atoms with Crippen molar-refractivity contribution in [2.24, 2.45) is 0 Å². The van der Waals surface area contributed by atoms with Crippen molar-refractivity contribution in [2.75, 3.05) is 0 Å². The molecule has 0 atom stereocenters. The summed E-state index contributed by atoms with van der Waals surface area (Å²) in [5, 5.41) is 11.6. The van der Waals surface area contributed by atoms with Crippen LogP contribution in [0, 0.1) is 0 Å². The van der Waals surface area contributed by atoms with Crippen molar-refractivity contribution < 1.29 is 19.1 Å². The van der Waals surface area contributed by atoms with Crippen molar-refractivity contribution >= 4 is 11.9 Å². The van der Waals surface area contributed by atoms with Gasteiger partial charge in [-0.05, 0) is 29.8 Å². The maximum absolute atomic E-state index is 11.8. The van der Waals surface area contributed by atoms with Gasteiger partial charge in [0, 0.05) is 13.0 Å². The lowest BCUT2D eigenvalue weighted by atomic mass is 10.1. The molecule has 5 nitrogen and oxygen atoms in total. The molecule has 5 heteroatoms. The first-order valence-electron chi connectivity index (χ1n) is 6.29. The largest absolute Gasteiger partial charge is 0.478 e. The molecule has 1 amide bonds. The van der Waals surface area contributed by atoms with Gasteiger partial charge in [-0.25, -0.2) is 4.79 Å². The number of nitrogens with one attached hydrogen (secondary N) is 1. The van der Waals surface area contributed by atoms with Crippen molar-refractivity contribution in [3.63, 3.8) is 0 Å². The Kier molecular flexibility index (Phi) is 4.20. The summed E-state index contributed by atoms with van der Waals surface area (Å²) in [6, 6.07) is 9.83. The number of hydrogen-bond acceptors (Lipinski definition) is 3. The number of carboxylic acid groups (broad SMARTS) is 1. The first kappa shape index (κ1) is 13.9. The van der Waals surface area contributed by atoms with Crippen LogP contribution in [0.5, 0.6) is 0 Å². The quantitative estimate of drug-likeness (QED) is 0.877. The van der Waals surface area contributed by atoms with Gasteiger partial charge in [0.2, 0.25) is 0 Å². The van der Waals surface area contributed by atoms with Crippen molar-refractivity contribution in [3.05, 3.63) is 59.0 Å². The molecule has 20 heavy (non-hydrogen) atoms. The molecule has 0 aliphatic carbocycles. The van der Waals surface area contributed by atoms with E-state index in [9.17, 15) is 9.59 Å². The number of aromatic carboxylic acids is 1. The summed E-state index contributed by atoms with van der Waals surface area (Å²) in [5.74, 6) is -0.290. The predicted octanol–water partition coefficient (Wildman–Crippen LogP) is 2.47. The maximum atomic E-state index is 11.8. The topological polar surface area (TPSA) is 79.5 Å². The number of benzene rings is 1. The molecule has 0 saturated carbocycles. The molecule has 2 aromatic rings. The van der Waals surface area contributed by atoms with Crippen LogP contribution in [0.2, 0.25) is 0 Å². The summed E-state index contributed by atoms with van der Waals surface area (Å²) in [5.41, 5.74) is 0.920. The molecule has 0 saturated heterocycles. The molecule has 0 unspecified atom stereocenters. The summed E-state index contributed by atoms with van der Waals surface area (Å²) in [7, 11) is 0. The van der Waals surface area contributed by atoms with Crippen molar-refractivity contribution in [2.45, 2.75) is 19.9 Å². The zero-order chi connectivity index (χ0) is 14.5. The van der Waals surface area contributed by atoms with E-state index in [0.717, 1.165) is 17.7 Å². The standard InChI is InChI=1S/C15H15NO4/c1-2-12-6-7-13(20-12)14(17)16-9-10-4-3-5-11(8-10)15(18)19/h3-8H,2,9H2,1H3,(H,16,17)(H,18,19). The van der Waals surface area contributed by atoms with E-state index in [0.29, 0.717) is 0 Å². The number of amides is 1. The summed E-state index contributed by atoms with van der Waals surface area (Å²) >= 11 is 0. The van der Waals surface area contributed by atoms with E-state index in [1.807, 2.05) is 6.92 Å². The lowest BCUT2D eigenvalue weighted by molar-refractivity contribution is 0.0696. The third-order valence-electron chi connectivity index (χ3n) is 2.86. The highest BCUT2D eigenvalue weighted by atomic mass is 16.4. The number of rotatable bonds is 5. The minimum Gasteiger partial charge on any atom is -0.478 e. The van der Waals surface area contributed by atoms with Crippen LogP contribution in [0.4, 0.5) is 0 Å². The number of carboxylic acids is 1. The van der Waals surface area contributed by atoms with Gasteiger partial charge < -0.3 is 14.8 Å². The summed E-state index contributed by atoms with van der Waals surface area (Å²) in [4.78, 5) is 22.7. The molecule has 2 rings (SSSR count). The van der Waals surface area contributed by atoms with Crippen LogP contribution in [-0.2, 0) is 13.0 Å². The van der Waals surface area contributed by atoms with Gasteiger partial charge in [0.25, 0.3) is 5.91 Å². The Morgan fingerprint density at radius 3 is 2.70 bits per heavy atom. The van der Waals surface area contributed by atoms with Crippen molar-refractivity contribution in [1.82, 2.24) is 5.32 Å². The van der Waals surface area contributed by atoms with Gasteiger partial charge in [0.15, 0.2) is 5.76 Å². The molecule has 1 aromatic heterocycles. The lowest BCUT2D eigenvalue weighted by Crippen LogP contribution is -2.22. The number of carbonyl (C=O) groups excluding carboxylic acids is 1. The molecule has 0 aliphatic heterocycles. The van der Waals surface area contributed by atoms with E-state index in [4.69, 9.17) is 9.52 Å². The van der Waals surface area contributed by atoms with Gasteiger partial charge in [0.1, 0.15) is 5.76 Å². The molecule has 0 fully saturated rings. The second-order valence-corrected chi connectivity index (χ2v) is 4.31. The second-order valence-electron chi connectivity index (χ2n) is 4.31. The van der Waals surface area contributed by atoms with E-state index in [1.54, 1.807) is 24.3 Å². The van der Waals surface area contributed by atoms with Crippen LogP contribution in [0.25, 0.3) is 0 Å². The maximum Gasteiger partial charge on any atom is 0.335 e. The average Bonchev–Trinajstić information content (AvgIpc) is 2.94. The Balaban J connectivity index is 1.99. The third-order valence-corrected chi connectivity index (χ3v) is 2.86. The smallest absolute Gasteiger partial charge is 0.335 e. The van der Waals surface area contributed by atoms with Crippen LogP contribution in [0.3, 0.4) is 0 Å². The van der Waals surface area contributed by atoms with Crippen molar-refractivity contribution in [1.29, 1.82) is 0 Å². The van der Waals surface area contributed by atoms with E-state index in [-0.39, 0.29) is 23.8 Å².